The highest BCUT2D eigenvalue weighted by molar-refractivity contribution is 9.10. The minimum Gasteiger partial charge on any atom is -0.484 e. The lowest BCUT2D eigenvalue weighted by molar-refractivity contribution is -0.142. The van der Waals surface area contributed by atoms with Crippen molar-refractivity contribution in [2.24, 2.45) is 0 Å². The van der Waals surface area contributed by atoms with E-state index in [0.717, 1.165) is 10.0 Å². The van der Waals surface area contributed by atoms with Gasteiger partial charge in [0, 0.05) is 23.1 Å². The summed E-state index contributed by atoms with van der Waals surface area (Å²) in [5.41, 5.74) is 0.888. The maximum Gasteiger partial charge on any atom is 0.261 e. The van der Waals surface area contributed by atoms with Gasteiger partial charge in [-0.15, -0.1) is 0 Å². The second kappa shape index (κ2) is 10.3. The van der Waals surface area contributed by atoms with Crippen LogP contribution in [0.5, 0.6) is 5.75 Å². The van der Waals surface area contributed by atoms with Crippen LogP contribution >= 0.6 is 27.5 Å². The summed E-state index contributed by atoms with van der Waals surface area (Å²) >= 11 is 9.29. The molecule has 0 aliphatic carbocycles. The van der Waals surface area contributed by atoms with Crippen LogP contribution < -0.4 is 10.1 Å². The highest BCUT2D eigenvalue weighted by atomic mass is 79.9. The Morgan fingerprint density at radius 3 is 2.33 bits per heavy atom. The first kappa shape index (κ1) is 21.3. The first-order valence-corrected chi connectivity index (χ1v) is 9.75. The summed E-state index contributed by atoms with van der Waals surface area (Å²) in [6, 6.07) is 13.9. The molecule has 0 aromatic heterocycles. The number of carbonyl (C=O) groups is 2. The van der Waals surface area contributed by atoms with Crippen molar-refractivity contribution >= 4 is 39.3 Å². The number of rotatable bonds is 8. The van der Waals surface area contributed by atoms with Crippen LogP contribution in [0.2, 0.25) is 5.02 Å². The standard InChI is InChI=1S/C20H22BrClN2O3/c1-3-18(20(26)23-2)24(12-14-4-8-16(22)9-5-14)19(25)13-27-17-10-6-15(21)7-11-17/h4-11,18H,3,12-13H2,1-2H3,(H,23,26)/t18-/m1/s1. The number of hydrogen-bond acceptors (Lipinski definition) is 3. The first-order valence-electron chi connectivity index (χ1n) is 8.58. The molecule has 0 bridgehead atoms. The third kappa shape index (κ3) is 6.26. The summed E-state index contributed by atoms with van der Waals surface area (Å²) in [5, 5.41) is 3.25. The van der Waals surface area contributed by atoms with Crippen LogP contribution in [0.3, 0.4) is 0 Å². The van der Waals surface area contributed by atoms with Gasteiger partial charge in [-0.3, -0.25) is 9.59 Å². The van der Waals surface area contributed by atoms with E-state index in [4.69, 9.17) is 16.3 Å². The third-order valence-electron chi connectivity index (χ3n) is 4.07. The number of halogens is 2. The smallest absolute Gasteiger partial charge is 0.261 e. The molecule has 0 fully saturated rings. The van der Waals surface area contributed by atoms with Crippen LogP contribution in [0.1, 0.15) is 18.9 Å². The number of nitrogens with zero attached hydrogens (tertiary/aromatic N) is 1. The second-order valence-corrected chi connectivity index (χ2v) is 7.28. The Morgan fingerprint density at radius 1 is 1.15 bits per heavy atom. The van der Waals surface area contributed by atoms with Crippen LogP contribution in [-0.4, -0.2) is 36.4 Å². The zero-order valence-electron chi connectivity index (χ0n) is 15.2. The number of carbonyl (C=O) groups excluding carboxylic acids is 2. The predicted molar refractivity (Wildman–Crippen MR) is 110 cm³/mol. The molecule has 0 aliphatic rings. The first-order chi connectivity index (χ1) is 12.9. The normalized spacial score (nSPS) is 11.6. The van der Waals surface area contributed by atoms with Gasteiger partial charge >= 0.3 is 0 Å². The molecule has 0 heterocycles. The van der Waals surface area contributed by atoms with E-state index in [1.807, 2.05) is 31.2 Å². The second-order valence-electron chi connectivity index (χ2n) is 5.93. The number of hydrogen-bond donors (Lipinski definition) is 1. The van der Waals surface area contributed by atoms with Gasteiger partial charge in [-0.1, -0.05) is 46.6 Å². The van der Waals surface area contributed by atoms with Gasteiger partial charge in [0.15, 0.2) is 6.61 Å². The Bertz CT molecular complexity index is 766. The summed E-state index contributed by atoms with van der Waals surface area (Å²) in [6.45, 7) is 2.02. The van der Waals surface area contributed by atoms with Gasteiger partial charge in [0.05, 0.1) is 0 Å². The molecule has 0 saturated heterocycles. The molecule has 27 heavy (non-hydrogen) atoms. The van der Waals surface area contributed by atoms with Crippen LogP contribution in [0.15, 0.2) is 53.0 Å². The molecule has 2 aromatic carbocycles. The average molecular weight is 454 g/mol. The van der Waals surface area contributed by atoms with Gasteiger partial charge in [0.1, 0.15) is 11.8 Å². The SMILES string of the molecule is CC[C@H](C(=O)NC)N(Cc1ccc(Cl)cc1)C(=O)COc1ccc(Br)cc1. The molecule has 2 rings (SSSR count). The van der Waals surface area contributed by atoms with Gasteiger partial charge in [-0.25, -0.2) is 0 Å². The van der Waals surface area contributed by atoms with Gasteiger partial charge in [0.2, 0.25) is 5.91 Å². The highest BCUT2D eigenvalue weighted by Crippen LogP contribution is 2.18. The Kier molecular flexibility index (Phi) is 8.13. The molecule has 5 nitrogen and oxygen atoms in total. The van der Waals surface area contributed by atoms with Crippen LogP contribution in [0, 0.1) is 0 Å². The maximum absolute atomic E-state index is 12.9. The summed E-state index contributed by atoms with van der Waals surface area (Å²) < 4.78 is 6.53. The molecular formula is C20H22BrClN2O3. The minimum atomic E-state index is -0.577. The van der Waals surface area contributed by atoms with Crippen molar-refractivity contribution in [3.8, 4) is 5.75 Å². The van der Waals surface area contributed by atoms with Crippen molar-refractivity contribution in [3.05, 3.63) is 63.6 Å². The summed E-state index contributed by atoms with van der Waals surface area (Å²) in [4.78, 5) is 26.7. The van der Waals surface area contributed by atoms with Crippen LogP contribution in [-0.2, 0) is 16.1 Å². The largest absolute Gasteiger partial charge is 0.484 e. The maximum atomic E-state index is 12.9. The fourth-order valence-electron chi connectivity index (χ4n) is 2.63. The Labute approximate surface area is 172 Å². The van der Waals surface area contributed by atoms with Gasteiger partial charge < -0.3 is 15.0 Å². The van der Waals surface area contributed by atoms with Crippen molar-refractivity contribution in [1.29, 1.82) is 0 Å². The fourth-order valence-corrected chi connectivity index (χ4v) is 3.02. The summed E-state index contributed by atoms with van der Waals surface area (Å²) in [5.74, 6) is 0.123. The zero-order valence-corrected chi connectivity index (χ0v) is 17.6. The van der Waals surface area contributed by atoms with Crippen molar-refractivity contribution in [3.63, 3.8) is 0 Å². The molecule has 0 saturated carbocycles. The van der Waals surface area contributed by atoms with Crippen molar-refractivity contribution in [2.75, 3.05) is 13.7 Å². The Balaban J connectivity index is 2.15. The highest BCUT2D eigenvalue weighted by Gasteiger charge is 2.28. The van der Waals surface area contributed by atoms with E-state index >= 15 is 0 Å². The van der Waals surface area contributed by atoms with E-state index in [1.165, 1.54) is 0 Å². The predicted octanol–water partition coefficient (Wildman–Crippen LogP) is 4.03. The number of nitrogens with one attached hydrogen (secondary N) is 1. The van der Waals surface area contributed by atoms with E-state index in [2.05, 4.69) is 21.2 Å². The number of ether oxygens (including phenoxy) is 1. The monoisotopic (exact) mass is 452 g/mol. The molecule has 0 spiro atoms. The lowest BCUT2D eigenvalue weighted by Crippen LogP contribution is -2.49. The zero-order chi connectivity index (χ0) is 19.8. The van der Waals surface area contributed by atoms with E-state index in [9.17, 15) is 9.59 Å². The molecule has 0 aliphatic heterocycles. The number of benzene rings is 2. The molecule has 2 amide bonds. The molecule has 1 N–H and O–H groups in total. The van der Waals surface area contributed by atoms with E-state index in [1.54, 1.807) is 36.2 Å². The lowest BCUT2D eigenvalue weighted by Gasteiger charge is -2.30. The number of amides is 2. The number of likely N-dealkylation sites (N-methyl/N-ethyl adjacent to an activating group) is 1. The Morgan fingerprint density at radius 2 is 1.78 bits per heavy atom. The molecule has 1 atom stereocenters. The minimum absolute atomic E-state index is 0.150. The van der Waals surface area contributed by atoms with Crippen molar-refractivity contribution < 1.29 is 14.3 Å². The lowest BCUT2D eigenvalue weighted by atomic mass is 10.1. The molecule has 2 aromatic rings. The molecular weight excluding hydrogens is 432 g/mol. The summed E-state index contributed by atoms with van der Waals surface area (Å²) in [7, 11) is 1.56. The Hall–Kier alpha value is -2.05. The topological polar surface area (TPSA) is 58.6 Å². The van der Waals surface area contributed by atoms with Crippen molar-refractivity contribution in [1.82, 2.24) is 10.2 Å². The molecule has 0 unspecified atom stereocenters. The summed E-state index contributed by atoms with van der Waals surface area (Å²) in [6.07, 6.45) is 0.497. The van der Waals surface area contributed by atoms with Crippen molar-refractivity contribution in [2.45, 2.75) is 25.9 Å². The van der Waals surface area contributed by atoms with Gasteiger partial charge in [-0.05, 0) is 48.4 Å². The van der Waals surface area contributed by atoms with E-state index in [-0.39, 0.29) is 18.4 Å². The quantitative estimate of drug-likeness (QED) is 0.656. The molecule has 144 valence electrons. The van der Waals surface area contributed by atoms with E-state index < -0.39 is 6.04 Å². The van der Waals surface area contributed by atoms with Gasteiger partial charge in [-0.2, -0.15) is 0 Å². The van der Waals surface area contributed by atoms with E-state index in [0.29, 0.717) is 23.7 Å². The van der Waals surface area contributed by atoms with Crippen LogP contribution in [0.25, 0.3) is 0 Å². The molecule has 0 radical (unpaired) electrons. The third-order valence-corrected chi connectivity index (χ3v) is 4.86. The van der Waals surface area contributed by atoms with Gasteiger partial charge in [0.25, 0.3) is 5.91 Å². The molecule has 7 heteroatoms. The van der Waals surface area contributed by atoms with Crippen LogP contribution in [0.4, 0.5) is 0 Å². The fraction of sp³-hybridized carbons (Fsp3) is 0.300. The average Bonchev–Trinajstić information content (AvgIpc) is 2.68.